The SMILES string of the molecule is CCOc1ccc(-c2ccc(NC(=O)C3(c4cccc(C)c4)CC3)cc2-c2nnn[nH]2)cn1. The highest BCUT2D eigenvalue weighted by atomic mass is 16.5. The number of benzene rings is 2. The number of tetrazole rings is 1. The zero-order valence-electron chi connectivity index (χ0n) is 18.5. The second-order valence-electron chi connectivity index (χ2n) is 8.23. The molecular weight excluding hydrogens is 416 g/mol. The van der Waals surface area contributed by atoms with Gasteiger partial charge in [-0.2, -0.15) is 0 Å². The fourth-order valence-electron chi connectivity index (χ4n) is 4.08. The van der Waals surface area contributed by atoms with Crippen LogP contribution in [0.4, 0.5) is 5.69 Å². The average molecular weight is 441 g/mol. The van der Waals surface area contributed by atoms with Crippen LogP contribution in [0.2, 0.25) is 0 Å². The van der Waals surface area contributed by atoms with Gasteiger partial charge in [0, 0.05) is 29.1 Å². The molecule has 0 radical (unpaired) electrons. The van der Waals surface area contributed by atoms with Crippen LogP contribution in [-0.4, -0.2) is 38.1 Å². The van der Waals surface area contributed by atoms with Gasteiger partial charge >= 0.3 is 0 Å². The number of aromatic amines is 1. The van der Waals surface area contributed by atoms with Gasteiger partial charge in [-0.15, -0.1) is 5.10 Å². The number of carbonyl (C=O) groups excluding carboxylic acids is 1. The number of aromatic nitrogens is 5. The van der Waals surface area contributed by atoms with Crippen molar-refractivity contribution < 1.29 is 9.53 Å². The maximum Gasteiger partial charge on any atom is 0.235 e. The first-order chi connectivity index (χ1) is 16.1. The fourth-order valence-corrected chi connectivity index (χ4v) is 4.08. The van der Waals surface area contributed by atoms with E-state index in [9.17, 15) is 4.79 Å². The second-order valence-corrected chi connectivity index (χ2v) is 8.23. The standard InChI is InChI=1S/C25H24N6O2/c1-3-33-22-10-7-17(15-26-22)20-9-8-19(14-21(20)23-28-30-31-29-23)27-24(32)25(11-12-25)18-6-4-5-16(2)13-18/h4-10,13-15H,3,11-12H2,1-2H3,(H,27,32)(H,28,29,30,31). The molecule has 0 bridgehead atoms. The molecule has 8 heteroatoms. The van der Waals surface area contributed by atoms with Crippen molar-refractivity contribution in [3.05, 3.63) is 71.9 Å². The van der Waals surface area contributed by atoms with Crippen molar-refractivity contribution >= 4 is 11.6 Å². The maximum atomic E-state index is 13.3. The van der Waals surface area contributed by atoms with Crippen LogP contribution >= 0.6 is 0 Å². The predicted octanol–water partition coefficient (Wildman–Crippen LogP) is 4.31. The van der Waals surface area contributed by atoms with E-state index in [1.54, 1.807) is 6.20 Å². The molecule has 2 aromatic heterocycles. The Labute approximate surface area is 191 Å². The molecule has 0 unspecified atom stereocenters. The van der Waals surface area contributed by atoms with Gasteiger partial charge in [-0.25, -0.2) is 10.1 Å². The zero-order chi connectivity index (χ0) is 22.8. The van der Waals surface area contributed by atoms with E-state index in [0.29, 0.717) is 24.0 Å². The molecule has 4 aromatic rings. The van der Waals surface area contributed by atoms with Crippen LogP contribution < -0.4 is 10.1 Å². The molecule has 0 atom stereocenters. The Morgan fingerprint density at radius 2 is 2.00 bits per heavy atom. The normalized spacial score (nSPS) is 14.0. The first-order valence-corrected chi connectivity index (χ1v) is 10.9. The van der Waals surface area contributed by atoms with Crippen molar-refractivity contribution in [1.29, 1.82) is 0 Å². The van der Waals surface area contributed by atoms with Crippen LogP contribution in [-0.2, 0) is 10.2 Å². The monoisotopic (exact) mass is 440 g/mol. The summed E-state index contributed by atoms with van der Waals surface area (Å²) in [6, 6.07) is 17.7. The largest absolute Gasteiger partial charge is 0.478 e. The number of hydrogen-bond donors (Lipinski definition) is 2. The van der Waals surface area contributed by atoms with Gasteiger partial charge in [-0.1, -0.05) is 35.9 Å². The van der Waals surface area contributed by atoms with Gasteiger partial charge in [0.05, 0.1) is 12.0 Å². The van der Waals surface area contributed by atoms with Crippen LogP contribution in [0.15, 0.2) is 60.8 Å². The number of nitrogens with one attached hydrogen (secondary N) is 2. The minimum Gasteiger partial charge on any atom is -0.478 e. The lowest BCUT2D eigenvalue weighted by atomic mass is 9.93. The number of rotatable bonds is 7. The third-order valence-corrected chi connectivity index (χ3v) is 5.97. The molecule has 33 heavy (non-hydrogen) atoms. The highest BCUT2D eigenvalue weighted by molar-refractivity contribution is 6.02. The molecule has 2 N–H and O–H groups in total. The second kappa shape index (κ2) is 8.46. The topological polar surface area (TPSA) is 106 Å². The molecule has 5 rings (SSSR count). The Balaban J connectivity index is 1.46. The summed E-state index contributed by atoms with van der Waals surface area (Å²) in [5.41, 5.74) is 4.99. The Morgan fingerprint density at radius 3 is 2.67 bits per heavy atom. The summed E-state index contributed by atoms with van der Waals surface area (Å²) in [4.78, 5) is 17.6. The Hall–Kier alpha value is -4.07. The van der Waals surface area contributed by atoms with E-state index in [2.05, 4.69) is 37.0 Å². The first kappa shape index (κ1) is 20.8. The molecule has 0 saturated heterocycles. The van der Waals surface area contributed by atoms with E-state index >= 15 is 0 Å². The number of pyridine rings is 1. The predicted molar refractivity (Wildman–Crippen MR) is 125 cm³/mol. The van der Waals surface area contributed by atoms with Gasteiger partial charge in [0.25, 0.3) is 0 Å². The molecule has 2 heterocycles. The Kier molecular flexibility index (Phi) is 5.34. The summed E-state index contributed by atoms with van der Waals surface area (Å²) < 4.78 is 5.45. The lowest BCUT2D eigenvalue weighted by Crippen LogP contribution is -2.27. The number of nitrogens with zero attached hydrogens (tertiary/aromatic N) is 4. The van der Waals surface area contributed by atoms with E-state index in [1.165, 1.54) is 0 Å². The van der Waals surface area contributed by atoms with E-state index in [1.807, 2.05) is 62.4 Å². The first-order valence-electron chi connectivity index (χ1n) is 10.9. The van der Waals surface area contributed by atoms with Gasteiger partial charge < -0.3 is 10.1 Å². The van der Waals surface area contributed by atoms with Crippen molar-refractivity contribution in [2.75, 3.05) is 11.9 Å². The van der Waals surface area contributed by atoms with E-state index in [4.69, 9.17) is 4.74 Å². The van der Waals surface area contributed by atoms with Gasteiger partial charge in [0.15, 0.2) is 5.82 Å². The molecule has 1 fully saturated rings. The Morgan fingerprint density at radius 1 is 1.12 bits per heavy atom. The van der Waals surface area contributed by atoms with Crippen LogP contribution in [0.3, 0.4) is 0 Å². The quantitative estimate of drug-likeness (QED) is 0.444. The summed E-state index contributed by atoms with van der Waals surface area (Å²) in [5.74, 6) is 1.08. The molecule has 1 aliphatic carbocycles. The van der Waals surface area contributed by atoms with Crippen molar-refractivity contribution in [3.8, 4) is 28.4 Å². The van der Waals surface area contributed by atoms with Crippen molar-refractivity contribution in [2.45, 2.75) is 32.1 Å². The highest BCUT2D eigenvalue weighted by Crippen LogP contribution is 2.49. The van der Waals surface area contributed by atoms with Crippen LogP contribution in [0, 0.1) is 6.92 Å². The zero-order valence-corrected chi connectivity index (χ0v) is 18.5. The number of anilines is 1. The maximum absolute atomic E-state index is 13.3. The number of hydrogen-bond acceptors (Lipinski definition) is 6. The van der Waals surface area contributed by atoms with E-state index in [0.717, 1.165) is 40.7 Å². The molecule has 166 valence electrons. The van der Waals surface area contributed by atoms with Crippen molar-refractivity contribution in [1.82, 2.24) is 25.6 Å². The highest BCUT2D eigenvalue weighted by Gasteiger charge is 2.51. The Bertz CT molecular complexity index is 1280. The van der Waals surface area contributed by atoms with Crippen molar-refractivity contribution in [2.24, 2.45) is 0 Å². The number of carbonyl (C=O) groups is 1. The van der Waals surface area contributed by atoms with Crippen LogP contribution in [0.5, 0.6) is 5.88 Å². The smallest absolute Gasteiger partial charge is 0.235 e. The molecule has 0 spiro atoms. The number of H-pyrrole nitrogens is 1. The van der Waals surface area contributed by atoms with Gasteiger partial charge in [-0.3, -0.25) is 4.79 Å². The lowest BCUT2D eigenvalue weighted by Gasteiger charge is -2.17. The molecule has 1 saturated carbocycles. The van der Waals surface area contributed by atoms with Crippen LogP contribution in [0.1, 0.15) is 30.9 Å². The van der Waals surface area contributed by atoms with Crippen molar-refractivity contribution in [3.63, 3.8) is 0 Å². The van der Waals surface area contributed by atoms with Gasteiger partial charge in [0.2, 0.25) is 11.8 Å². The molecule has 2 aromatic carbocycles. The summed E-state index contributed by atoms with van der Waals surface area (Å²) in [6.45, 7) is 4.52. The number of ether oxygens (including phenoxy) is 1. The van der Waals surface area contributed by atoms with E-state index < -0.39 is 5.41 Å². The molecule has 1 amide bonds. The van der Waals surface area contributed by atoms with Gasteiger partial charge in [0.1, 0.15) is 0 Å². The summed E-state index contributed by atoms with van der Waals surface area (Å²) in [6.07, 6.45) is 3.44. The van der Waals surface area contributed by atoms with Gasteiger partial charge in [-0.05, 0) is 66.4 Å². The third kappa shape index (κ3) is 4.07. The molecule has 8 nitrogen and oxygen atoms in total. The minimum absolute atomic E-state index is 0.00484. The average Bonchev–Trinajstić information content (AvgIpc) is 3.47. The van der Waals surface area contributed by atoms with E-state index in [-0.39, 0.29) is 5.91 Å². The third-order valence-electron chi connectivity index (χ3n) is 5.97. The fraction of sp³-hybridized carbons (Fsp3) is 0.240. The summed E-state index contributed by atoms with van der Waals surface area (Å²) in [5, 5.41) is 17.4. The molecule has 0 aliphatic heterocycles. The molecule has 1 aliphatic rings. The van der Waals surface area contributed by atoms with Crippen LogP contribution in [0.25, 0.3) is 22.5 Å². The number of aryl methyl sites for hydroxylation is 1. The number of amides is 1. The summed E-state index contributed by atoms with van der Waals surface area (Å²) in [7, 11) is 0. The minimum atomic E-state index is -0.461. The summed E-state index contributed by atoms with van der Waals surface area (Å²) >= 11 is 0. The molecular formula is C25H24N6O2. The lowest BCUT2D eigenvalue weighted by molar-refractivity contribution is -0.118.